The topological polar surface area (TPSA) is 201 Å². The lowest BCUT2D eigenvalue weighted by atomic mass is 9.95. The molecule has 0 aromatic heterocycles. The third kappa shape index (κ3) is 2.44. The molecule has 0 amide bonds. The average Bonchev–Trinajstić information content (AvgIpc) is 2.71. The van der Waals surface area contributed by atoms with Gasteiger partial charge in [-0.2, -0.15) is 0 Å². The number of aliphatic hydroxyl groups is 2. The van der Waals surface area contributed by atoms with Crippen molar-refractivity contribution in [2.24, 2.45) is 0 Å². The van der Waals surface area contributed by atoms with Gasteiger partial charge in [0.05, 0.1) is 32.2 Å². The number of ether oxygens (including phenoxy) is 5. The van der Waals surface area contributed by atoms with Crippen LogP contribution in [0.4, 0.5) is 0 Å². The predicted octanol–water partition coefficient (Wildman–Crippen LogP) is -3.73. The van der Waals surface area contributed by atoms with Gasteiger partial charge in [-0.05, 0) is 5.06 Å². The number of carbonyl (C=O) groups is 6. The minimum Gasteiger partial charge on any atom is -0.452 e. The molecular weight excluding hydrogens is 430 g/mol. The Hall–Kier alpha value is -3.30. The second-order valence-electron chi connectivity index (χ2n) is 7.75. The van der Waals surface area contributed by atoms with Crippen LogP contribution in [0.5, 0.6) is 0 Å². The molecule has 2 spiro atoms. The van der Waals surface area contributed by atoms with Crippen LogP contribution in [0.1, 0.15) is 25.7 Å². The maximum absolute atomic E-state index is 12.7. The summed E-state index contributed by atoms with van der Waals surface area (Å²) in [6.45, 7) is -0.741. The smallest absolute Gasteiger partial charge is 0.437 e. The van der Waals surface area contributed by atoms with Crippen LogP contribution < -0.4 is 0 Å². The van der Waals surface area contributed by atoms with Gasteiger partial charge < -0.3 is 38.7 Å². The van der Waals surface area contributed by atoms with E-state index in [1.54, 1.807) is 0 Å². The third-order valence-corrected chi connectivity index (χ3v) is 5.51. The molecule has 166 valence electrons. The van der Waals surface area contributed by atoms with E-state index in [4.69, 9.17) is 28.5 Å². The van der Waals surface area contributed by atoms with Crippen LogP contribution in [0.25, 0.3) is 0 Å². The number of nitrogens with zero attached hydrogens (tertiary/aromatic N) is 1. The Morgan fingerprint density at radius 3 is 1.94 bits per heavy atom. The van der Waals surface area contributed by atoms with Crippen molar-refractivity contribution in [2.75, 3.05) is 6.54 Å². The molecule has 5 heterocycles. The molecule has 31 heavy (non-hydrogen) atoms. The van der Waals surface area contributed by atoms with E-state index in [1.165, 1.54) is 0 Å². The zero-order chi connectivity index (χ0) is 22.4. The molecule has 5 fully saturated rings. The van der Waals surface area contributed by atoms with Gasteiger partial charge in [0.25, 0.3) is 0 Å². The highest BCUT2D eigenvalue weighted by Crippen LogP contribution is 2.52. The molecule has 4 bridgehead atoms. The molecule has 5 atom stereocenters. The largest absolute Gasteiger partial charge is 0.452 e. The maximum Gasteiger partial charge on any atom is 0.437 e. The van der Waals surface area contributed by atoms with Crippen molar-refractivity contribution in [3.8, 4) is 0 Å². The first-order chi connectivity index (χ1) is 14.4. The number of carbonyl (C=O) groups excluding carboxylic acids is 6. The van der Waals surface area contributed by atoms with E-state index < -0.39 is 97.0 Å². The lowest BCUT2D eigenvalue weighted by molar-refractivity contribution is -0.434. The summed E-state index contributed by atoms with van der Waals surface area (Å²) in [5.74, 6) is -14.3. The third-order valence-electron chi connectivity index (χ3n) is 5.51. The SMILES string of the molecule is O=C1CC2(O)CC(=O)OC3(OC2=O)C(CN2OC(=O)CC4(O)CC(=O)OC23OC4=O)O1. The fourth-order valence-electron chi connectivity index (χ4n) is 4.10. The number of fused-ring (bicyclic) bond motifs is 4. The first-order valence-corrected chi connectivity index (χ1v) is 8.95. The Kier molecular flexibility index (Phi) is 3.60. The zero-order valence-electron chi connectivity index (χ0n) is 15.4. The Balaban J connectivity index is 1.76. The molecule has 5 saturated heterocycles. The highest BCUT2D eigenvalue weighted by atomic mass is 16.9. The summed E-state index contributed by atoms with van der Waals surface area (Å²) in [5.41, 5.74) is -5.39. The Morgan fingerprint density at radius 1 is 0.710 bits per heavy atom. The average molecular weight is 443 g/mol. The van der Waals surface area contributed by atoms with Crippen LogP contribution in [-0.4, -0.2) is 86.6 Å². The van der Waals surface area contributed by atoms with Crippen molar-refractivity contribution >= 4 is 35.8 Å². The number of hydrogen-bond donors (Lipinski definition) is 2. The van der Waals surface area contributed by atoms with Gasteiger partial charge in [-0.1, -0.05) is 0 Å². The fraction of sp³-hybridized carbons (Fsp3) is 0.625. The summed E-state index contributed by atoms with van der Waals surface area (Å²) in [6.07, 6.45) is -5.89. The lowest BCUT2D eigenvalue weighted by Crippen LogP contribution is -2.69. The van der Waals surface area contributed by atoms with Crippen molar-refractivity contribution in [2.45, 2.75) is 54.7 Å². The summed E-state index contributed by atoms with van der Waals surface area (Å²) >= 11 is 0. The number of esters is 5. The minimum absolute atomic E-state index is 0.407. The van der Waals surface area contributed by atoms with E-state index >= 15 is 0 Å². The zero-order valence-corrected chi connectivity index (χ0v) is 15.4. The van der Waals surface area contributed by atoms with E-state index in [-0.39, 0.29) is 0 Å². The molecule has 0 aliphatic carbocycles. The summed E-state index contributed by atoms with van der Waals surface area (Å²) < 4.78 is 25.8. The monoisotopic (exact) mass is 443 g/mol. The van der Waals surface area contributed by atoms with Crippen molar-refractivity contribution in [3.63, 3.8) is 0 Å². The minimum atomic E-state index is -3.11. The Morgan fingerprint density at radius 2 is 1.26 bits per heavy atom. The van der Waals surface area contributed by atoms with E-state index in [2.05, 4.69) is 0 Å². The molecule has 15 nitrogen and oxygen atoms in total. The highest BCUT2D eigenvalue weighted by molar-refractivity contribution is 5.94. The normalized spacial score (nSPS) is 44.5. The van der Waals surface area contributed by atoms with E-state index in [9.17, 15) is 39.0 Å². The predicted molar refractivity (Wildman–Crippen MR) is 80.9 cm³/mol. The summed E-state index contributed by atoms with van der Waals surface area (Å²) in [4.78, 5) is 79.9. The second kappa shape index (κ2) is 5.68. The van der Waals surface area contributed by atoms with Crippen LogP contribution in [0, 0.1) is 0 Å². The van der Waals surface area contributed by atoms with Gasteiger partial charge >= 0.3 is 47.5 Å². The molecule has 0 radical (unpaired) electrons. The fourth-order valence-corrected chi connectivity index (χ4v) is 4.10. The van der Waals surface area contributed by atoms with Gasteiger partial charge in [-0.25, -0.2) is 9.59 Å². The molecular formula is C16H13NO14. The quantitative estimate of drug-likeness (QED) is 0.273. The first kappa shape index (κ1) is 19.7. The van der Waals surface area contributed by atoms with Crippen molar-refractivity contribution in [1.82, 2.24) is 5.06 Å². The second-order valence-corrected chi connectivity index (χ2v) is 7.75. The molecule has 15 heteroatoms. The van der Waals surface area contributed by atoms with Gasteiger partial charge in [0.1, 0.15) is 0 Å². The molecule has 5 rings (SSSR count). The van der Waals surface area contributed by atoms with Gasteiger partial charge in [0.15, 0.2) is 11.2 Å². The molecule has 2 N–H and O–H groups in total. The van der Waals surface area contributed by atoms with E-state index in [1.807, 2.05) is 0 Å². The van der Waals surface area contributed by atoms with Gasteiger partial charge in [-0.3, -0.25) is 19.2 Å². The van der Waals surface area contributed by atoms with E-state index in [0.29, 0.717) is 5.06 Å². The van der Waals surface area contributed by atoms with Crippen LogP contribution in [0.3, 0.4) is 0 Å². The molecule has 5 aliphatic rings. The summed E-state index contributed by atoms with van der Waals surface area (Å²) in [5, 5.41) is 21.4. The molecule has 0 aromatic carbocycles. The number of rotatable bonds is 0. The van der Waals surface area contributed by atoms with Crippen molar-refractivity contribution in [1.29, 1.82) is 0 Å². The molecule has 5 aliphatic heterocycles. The van der Waals surface area contributed by atoms with Crippen LogP contribution in [-0.2, 0) is 57.3 Å². The summed E-state index contributed by atoms with van der Waals surface area (Å²) in [7, 11) is 0. The van der Waals surface area contributed by atoms with Crippen molar-refractivity contribution in [3.05, 3.63) is 0 Å². The Bertz CT molecular complexity index is 901. The van der Waals surface area contributed by atoms with Crippen LogP contribution in [0.2, 0.25) is 0 Å². The summed E-state index contributed by atoms with van der Waals surface area (Å²) in [6, 6.07) is 0. The van der Waals surface area contributed by atoms with Gasteiger partial charge in [-0.15, -0.1) is 0 Å². The van der Waals surface area contributed by atoms with Crippen LogP contribution in [0.15, 0.2) is 0 Å². The Labute approximate surface area is 170 Å². The van der Waals surface area contributed by atoms with E-state index in [0.717, 1.165) is 0 Å². The van der Waals surface area contributed by atoms with Gasteiger partial charge in [0.2, 0.25) is 6.10 Å². The van der Waals surface area contributed by atoms with Crippen molar-refractivity contribution < 1.29 is 67.5 Å². The molecule has 0 aromatic rings. The maximum atomic E-state index is 12.7. The number of hydrogen-bond acceptors (Lipinski definition) is 15. The number of hydroxylamine groups is 2. The molecule has 0 saturated carbocycles. The molecule has 5 unspecified atom stereocenters. The lowest BCUT2D eigenvalue weighted by Gasteiger charge is -2.43. The standard InChI is InChI=1S/C16H13NO14/c18-7-1-13(24)2-8(19)27-15(29-11(13)22)6(26-7)5-17-16(15)28-9(20)3-14(25,12(23)30-16)4-10(21)31-17/h6,24-25H,1-5H2. The van der Waals surface area contributed by atoms with Gasteiger partial charge in [0, 0.05) is 0 Å². The van der Waals surface area contributed by atoms with Crippen LogP contribution >= 0.6 is 0 Å². The highest BCUT2D eigenvalue weighted by Gasteiger charge is 2.84. The first-order valence-electron chi connectivity index (χ1n) is 8.95.